The van der Waals surface area contributed by atoms with Gasteiger partial charge in [0, 0.05) is 0 Å². The quantitative estimate of drug-likeness (QED) is 0.586. The van der Waals surface area contributed by atoms with Gasteiger partial charge in [0.2, 0.25) is 0 Å². The summed E-state index contributed by atoms with van der Waals surface area (Å²) < 4.78 is 12.6. The summed E-state index contributed by atoms with van der Waals surface area (Å²) in [6.07, 6.45) is 1.10. The van der Waals surface area contributed by atoms with Crippen LogP contribution in [0.1, 0.15) is 0 Å². The smallest absolute Gasteiger partial charge is 0.165 e. The number of aromatic nitrogens is 1. The van der Waals surface area contributed by atoms with Crippen molar-refractivity contribution in [3.63, 3.8) is 0 Å². The van der Waals surface area contributed by atoms with Crippen molar-refractivity contribution in [2.75, 3.05) is 0 Å². The van der Waals surface area contributed by atoms with E-state index in [4.69, 9.17) is 34.8 Å². The van der Waals surface area contributed by atoms with Crippen molar-refractivity contribution in [2.45, 2.75) is 0 Å². The van der Waals surface area contributed by atoms with Crippen LogP contribution in [0.4, 0.5) is 4.39 Å². The zero-order valence-corrected chi connectivity index (χ0v) is 6.80. The highest BCUT2D eigenvalue weighted by Crippen LogP contribution is 2.26. The van der Waals surface area contributed by atoms with E-state index in [1.807, 2.05) is 0 Å². The molecular weight excluding hydrogens is 199 g/mol. The monoisotopic (exact) mass is 199 g/mol. The number of nitrogens with zero attached hydrogens (tertiary/aromatic N) is 1. The van der Waals surface area contributed by atoms with Crippen LogP contribution in [0.25, 0.3) is 0 Å². The summed E-state index contributed by atoms with van der Waals surface area (Å²) in [5, 5.41) is -0.452. The lowest BCUT2D eigenvalue weighted by molar-refractivity contribution is 0.626. The van der Waals surface area contributed by atoms with Crippen molar-refractivity contribution < 1.29 is 4.39 Å². The van der Waals surface area contributed by atoms with Crippen LogP contribution in [0.3, 0.4) is 0 Å². The molecular formula is C5HCl3FN. The molecule has 1 rings (SSSR count). The number of hydrogen-bond donors (Lipinski definition) is 0. The molecule has 0 atom stereocenters. The van der Waals surface area contributed by atoms with E-state index in [-0.39, 0.29) is 15.2 Å². The molecule has 0 aliphatic rings. The summed E-state index contributed by atoms with van der Waals surface area (Å²) >= 11 is 16.0. The molecule has 0 aromatic carbocycles. The maximum absolute atomic E-state index is 12.6. The molecule has 54 valence electrons. The maximum atomic E-state index is 12.6. The Balaban J connectivity index is 3.34. The third-order valence-electron chi connectivity index (χ3n) is 0.875. The molecule has 1 aromatic heterocycles. The molecule has 0 spiro atoms. The molecule has 1 nitrogen and oxygen atoms in total. The molecule has 1 heterocycles. The van der Waals surface area contributed by atoms with Crippen molar-refractivity contribution in [2.24, 2.45) is 0 Å². The Morgan fingerprint density at radius 2 is 1.90 bits per heavy atom. The van der Waals surface area contributed by atoms with Gasteiger partial charge < -0.3 is 0 Å². The van der Waals surface area contributed by atoms with Crippen LogP contribution in [0.5, 0.6) is 0 Å². The van der Waals surface area contributed by atoms with Crippen LogP contribution in [-0.2, 0) is 0 Å². The Kier molecular flexibility index (Phi) is 2.34. The van der Waals surface area contributed by atoms with Gasteiger partial charge >= 0.3 is 0 Å². The van der Waals surface area contributed by atoms with E-state index >= 15 is 0 Å². The van der Waals surface area contributed by atoms with E-state index in [1.165, 1.54) is 0 Å². The fraction of sp³-hybridized carbons (Fsp3) is 0. The molecule has 0 fully saturated rings. The molecule has 1 aromatic rings. The zero-order valence-electron chi connectivity index (χ0n) is 4.54. The Labute approximate surface area is 71.7 Å². The summed E-state index contributed by atoms with van der Waals surface area (Å²) in [6, 6.07) is 0. The largest absolute Gasteiger partial charge is 0.241 e. The predicted octanol–water partition coefficient (Wildman–Crippen LogP) is 3.18. The topological polar surface area (TPSA) is 12.9 Å². The second-order valence-corrected chi connectivity index (χ2v) is 2.67. The van der Waals surface area contributed by atoms with Crippen LogP contribution in [0.15, 0.2) is 6.20 Å². The lowest BCUT2D eigenvalue weighted by atomic mass is 10.5. The molecule has 0 N–H and O–H groups in total. The summed E-state index contributed by atoms with van der Waals surface area (Å²) in [5.41, 5.74) is 0. The molecule has 0 bridgehead atoms. The second-order valence-electron chi connectivity index (χ2n) is 1.52. The molecule has 0 unspecified atom stereocenters. The molecule has 0 radical (unpaired) electrons. The fourth-order valence-electron chi connectivity index (χ4n) is 0.422. The number of rotatable bonds is 0. The number of halogens is 4. The van der Waals surface area contributed by atoms with E-state index in [0.29, 0.717) is 0 Å². The van der Waals surface area contributed by atoms with Crippen molar-refractivity contribution >= 4 is 34.8 Å². The van der Waals surface area contributed by atoms with Crippen LogP contribution in [-0.4, -0.2) is 4.98 Å². The minimum absolute atomic E-state index is 0.0800. The third-order valence-corrected chi connectivity index (χ3v) is 1.87. The molecule has 0 aliphatic heterocycles. The van der Waals surface area contributed by atoms with Crippen LogP contribution >= 0.6 is 34.8 Å². The average Bonchev–Trinajstić information content (AvgIpc) is 1.93. The molecule has 5 heteroatoms. The standard InChI is InChI=1S/C5HCl3FN/c6-2-1-10-5(8)3(7)4(2)9/h1H. The first-order valence-electron chi connectivity index (χ1n) is 2.28. The van der Waals surface area contributed by atoms with E-state index in [0.717, 1.165) is 6.20 Å². The van der Waals surface area contributed by atoms with Gasteiger partial charge in [-0.25, -0.2) is 9.37 Å². The van der Waals surface area contributed by atoms with Gasteiger partial charge in [-0.2, -0.15) is 0 Å². The van der Waals surface area contributed by atoms with E-state index in [2.05, 4.69) is 4.98 Å². The highest BCUT2D eigenvalue weighted by molar-refractivity contribution is 6.42. The van der Waals surface area contributed by atoms with Crippen LogP contribution in [0, 0.1) is 5.82 Å². The van der Waals surface area contributed by atoms with Crippen molar-refractivity contribution in [3.05, 3.63) is 27.2 Å². The third kappa shape index (κ3) is 1.34. The normalized spacial score (nSPS) is 10.0. The molecule has 0 amide bonds. The molecule has 0 saturated heterocycles. The lowest BCUT2D eigenvalue weighted by Crippen LogP contribution is -1.83. The zero-order chi connectivity index (χ0) is 7.72. The first kappa shape index (κ1) is 8.05. The first-order chi connectivity index (χ1) is 4.63. The molecule has 0 aliphatic carbocycles. The van der Waals surface area contributed by atoms with Crippen LogP contribution < -0.4 is 0 Å². The van der Waals surface area contributed by atoms with Gasteiger partial charge in [-0.05, 0) is 0 Å². The number of hydrogen-bond acceptors (Lipinski definition) is 1. The van der Waals surface area contributed by atoms with Gasteiger partial charge in [-0.3, -0.25) is 0 Å². The highest BCUT2D eigenvalue weighted by atomic mass is 35.5. The van der Waals surface area contributed by atoms with E-state index < -0.39 is 5.82 Å². The summed E-state index contributed by atoms with van der Waals surface area (Å²) in [5.74, 6) is -0.733. The van der Waals surface area contributed by atoms with Crippen LogP contribution in [0.2, 0.25) is 15.2 Å². The first-order valence-corrected chi connectivity index (χ1v) is 3.41. The molecule has 0 saturated carbocycles. The Morgan fingerprint density at radius 3 is 2.40 bits per heavy atom. The van der Waals surface area contributed by atoms with Crippen molar-refractivity contribution in [1.29, 1.82) is 0 Å². The van der Waals surface area contributed by atoms with Gasteiger partial charge in [0.05, 0.1) is 11.2 Å². The SMILES string of the molecule is Fc1c(Cl)cnc(Cl)c1Cl. The second kappa shape index (κ2) is 2.91. The Bertz CT molecular complexity index is 236. The summed E-state index contributed by atoms with van der Waals surface area (Å²) in [4.78, 5) is 3.50. The van der Waals surface area contributed by atoms with E-state index in [1.54, 1.807) is 0 Å². The molecule has 10 heavy (non-hydrogen) atoms. The minimum atomic E-state index is -0.733. The maximum Gasteiger partial charge on any atom is 0.165 e. The van der Waals surface area contributed by atoms with Gasteiger partial charge in [0.1, 0.15) is 5.02 Å². The summed E-state index contributed by atoms with van der Waals surface area (Å²) in [6.45, 7) is 0. The lowest BCUT2D eigenvalue weighted by Gasteiger charge is -1.96. The van der Waals surface area contributed by atoms with Gasteiger partial charge in [0.25, 0.3) is 0 Å². The van der Waals surface area contributed by atoms with Crippen molar-refractivity contribution in [1.82, 2.24) is 4.98 Å². The van der Waals surface area contributed by atoms with Gasteiger partial charge in [-0.15, -0.1) is 0 Å². The fourth-order valence-corrected chi connectivity index (χ4v) is 0.896. The van der Waals surface area contributed by atoms with Crippen molar-refractivity contribution in [3.8, 4) is 0 Å². The Morgan fingerprint density at radius 1 is 1.30 bits per heavy atom. The van der Waals surface area contributed by atoms with Gasteiger partial charge in [-0.1, -0.05) is 34.8 Å². The summed E-state index contributed by atoms with van der Waals surface area (Å²) in [7, 11) is 0. The predicted molar refractivity (Wildman–Crippen MR) is 39.2 cm³/mol. The minimum Gasteiger partial charge on any atom is -0.241 e. The Hall–Kier alpha value is -0.0500. The van der Waals surface area contributed by atoms with E-state index in [9.17, 15) is 4.39 Å². The average molecular weight is 200 g/mol. The highest BCUT2D eigenvalue weighted by Gasteiger charge is 2.08. The number of pyridine rings is 1. The van der Waals surface area contributed by atoms with Gasteiger partial charge in [0.15, 0.2) is 11.0 Å².